The van der Waals surface area contributed by atoms with Gasteiger partial charge < -0.3 is 11.1 Å². The Balaban J connectivity index is 1.84. The number of hydrogen-bond acceptors (Lipinski definition) is 4. The number of nitrogen functional groups attached to an aromatic ring is 1. The molecule has 1 atom stereocenters. The second kappa shape index (κ2) is 6.00. The molecule has 2 aliphatic heterocycles. The van der Waals surface area contributed by atoms with Crippen molar-refractivity contribution in [3.8, 4) is 0 Å². The Hall–Kier alpha value is -2.67. The van der Waals surface area contributed by atoms with Gasteiger partial charge in [0.05, 0.1) is 24.0 Å². The Bertz CT molecular complexity index is 814. The van der Waals surface area contributed by atoms with Crippen molar-refractivity contribution >= 4 is 23.2 Å². The maximum absolute atomic E-state index is 14.5. The number of pyridine rings is 1. The van der Waals surface area contributed by atoms with Gasteiger partial charge in [0.15, 0.2) is 0 Å². The van der Waals surface area contributed by atoms with E-state index in [1.165, 1.54) is 11.0 Å². The zero-order chi connectivity index (χ0) is 17.6. The number of nitrogens with one attached hydrogen (secondary N) is 1. The van der Waals surface area contributed by atoms with Gasteiger partial charge >= 0.3 is 6.03 Å². The average Bonchev–Trinajstić information content (AvgIpc) is 3.09. The van der Waals surface area contributed by atoms with Gasteiger partial charge in [-0.1, -0.05) is 12.1 Å². The van der Waals surface area contributed by atoms with Crippen molar-refractivity contribution in [1.82, 2.24) is 10.3 Å². The molecule has 1 saturated heterocycles. The Morgan fingerprint density at radius 3 is 2.96 bits per heavy atom. The summed E-state index contributed by atoms with van der Waals surface area (Å²) < 4.78 is 14.5. The lowest BCUT2D eigenvalue weighted by Gasteiger charge is -2.40. The third-order valence-corrected chi connectivity index (χ3v) is 4.87. The second-order valence-electron chi connectivity index (χ2n) is 6.53. The Kier molecular flexibility index (Phi) is 3.80. The molecule has 1 aromatic heterocycles. The van der Waals surface area contributed by atoms with Crippen LogP contribution in [0.15, 0.2) is 30.5 Å². The minimum Gasteiger partial charge on any atom is -0.384 e. The monoisotopic (exact) mass is 341 g/mol. The van der Waals surface area contributed by atoms with Crippen molar-refractivity contribution in [2.24, 2.45) is 0 Å². The molecule has 2 amide bonds. The Morgan fingerprint density at radius 2 is 2.24 bits per heavy atom. The summed E-state index contributed by atoms with van der Waals surface area (Å²) in [5.74, 6) is -0.0253. The molecule has 2 aliphatic rings. The lowest BCUT2D eigenvalue weighted by molar-refractivity contribution is 0.248. The highest BCUT2D eigenvalue weighted by Gasteiger charge is 2.38. The summed E-state index contributed by atoms with van der Waals surface area (Å²) in [7, 11) is 0. The van der Waals surface area contributed by atoms with Gasteiger partial charge in [-0.05, 0) is 31.5 Å². The fourth-order valence-corrected chi connectivity index (χ4v) is 3.66. The summed E-state index contributed by atoms with van der Waals surface area (Å²) in [6, 6.07) is 6.37. The number of carbonyl (C=O) groups is 1. The Morgan fingerprint density at radius 1 is 1.40 bits per heavy atom. The topological polar surface area (TPSA) is 74.5 Å². The number of carbonyl (C=O) groups excluding carboxylic acids is 1. The van der Waals surface area contributed by atoms with Gasteiger partial charge in [0.2, 0.25) is 0 Å². The number of anilines is 3. The maximum Gasteiger partial charge on any atom is 0.329 e. The van der Waals surface area contributed by atoms with Crippen molar-refractivity contribution in [3.63, 3.8) is 0 Å². The molecule has 0 radical (unpaired) electrons. The van der Waals surface area contributed by atoms with Crippen LogP contribution in [0.2, 0.25) is 0 Å². The zero-order valence-electron chi connectivity index (χ0n) is 14.0. The summed E-state index contributed by atoms with van der Waals surface area (Å²) in [5, 5.41) is 3.28. The van der Waals surface area contributed by atoms with Gasteiger partial charge in [-0.2, -0.15) is 0 Å². The number of nitrogens with two attached hydrogens (primary N) is 1. The first-order chi connectivity index (χ1) is 12.1. The van der Waals surface area contributed by atoms with E-state index in [0.29, 0.717) is 18.1 Å². The molecule has 3 heterocycles. The summed E-state index contributed by atoms with van der Waals surface area (Å²) in [4.78, 5) is 20.7. The quantitative estimate of drug-likeness (QED) is 0.880. The highest BCUT2D eigenvalue weighted by Crippen LogP contribution is 2.36. The molecule has 1 aromatic carbocycles. The fourth-order valence-electron chi connectivity index (χ4n) is 3.66. The van der Waals surface area contributed by atoms with E-state index < -0.39 is 5.82 Å². The molecule has 3 N–H and O–H groups in total. The molecular weight excluding hydrogens is 321 g/mol. The van der Waals surface area contributed by atoms with Crippen LogP contribution in [-0.4, -0.2) is 30.1 Å². The van der Waals surface area contributed by atoms with Crippen LogP contribution in [-0.2, 0) is 6.54 Å². The number of urea groups is 1. The van der Waals surface area contributed by atoms with Crippen LogP contribution < -0.4 is 20.9 Å². The number of aromatic nitrogens is 1. The van der Waals surface area contributed by atoms with E-state index in [1.807, 2.05) is 13.0 Å². The summed E-state index contributed by atoms with van der Waals surface area (Å²) in [6.45, 7) is 3.64. The minimum atomic E-state index is -0.398. The number of para-hydroxylation sites is 1. The van der Waals surface area contributed by atoms with Crippen LogP contribution in [0.1, 0.15) is 17.5 Å². The van der Waals surface area contributed by atoms with Crippen LogP contribution in [0.4, 0.5) is 26.4 Å². The number of hydrogen-bond donors (Lipinski definition) is 2. The van der Waals surface area contributed by atoms with Crippen molar-refractivity contribution < 1.29 is 9.18 Å². The van der Waals surface area contributed by atoms with E-state index in [2.05, 4.69) is 10.3 Å². The van der Waals surface area contributed by atoms with Crippen LogP contribution in [0.25, 0.3) is 0 Å². The first-order valence-corrected chi connectivity index (χ1v) is 8.37. The number of nitrogens with zero attached hydrogens (tertiary/aromatic N) is 3. The van der Waals surface area contributed by atoms with Gasteiger partial charge in [0, 0.05) is 24.4 Å². The van der Waals surface area contributed by atoms with E-state index in [4.69, 9.17) is 5.73 Å². The van der Waals surface area contributed by atoms with Gasteiger partial charge in [-0.3, -0.25) is 9.80 Å². The van der Waals surface area contributed by atoms with E-state index in [9.17, 15) is 9.18 Å². The van der Waals surface area contributed by atoms with Crippen molar-refractivity contribution in [2.45, 2.75) is 25.9 Å². The van der Waals surface area contributed by atoms with Crippen LogP contribution in [0, 0.1) is 12.7 Å². The van der Waals surface area contributed by atoms with Crippen LogP contribution >= 0.6 is 0 Å². The molecule has 2 aromatic rings. The number of amides is 2. The zero-order valence-corrected chi connectivity index (χ0v) is 14.0. The number of aryl methyl sites for hydroxylation is 1. The van der Waals surface area contributed by atoms with Crippen molar-refractivity contribution in [1.29, 1.82) is 0 Å². The number of halogens is 1. The van der Waals surface area contributed by atoms with Crippen molar-refractivity contribution in [3.05, 3.63) is 47.4 Å². The van der Waals surface area contributed by atoms with E-state index in [-0.39, 0.29) is 18.6 Å². The predicted octanol–water partition coefficient (Wildman–Crippen LogP) is 2.42. The molecule has 0 aliphatic carbocycles. The van der Waals surface area contributed by atoms with Gasteiger partial charge in [0.25, 0.3) is 0 Å². The standard InChI is InChI=1S/C18H20FN5O/c1-11-3-2-4-14(19)17(11)23-10-12-8-22-16(20)7-15(12)24(18(23)25)13-5-6-21-9-13/h2-4,7-8,13,21H,5-6,9-10H2,1H3,(H2,20,22)/t13-/m0/s1. The molecule has 4 rings (SSSR count). The average molecular weight is 341 g/mol. The van der Waals surface area contributed by atoms with E-state index >= 15 is 0 Å². The fraction of sp³-hybridized carbons (Fsp3) is 0.333. The van der Waals surface area contributed by atoms with Gasteiger partial charge in [-0.15, -0.1) is 0 Å². The highest BCUT2D eigenvalue weighted by atomic mass is 19.1. The lowest BCUT2D eigenvalue weighted by atomic mass is 10.1. The van der Waals surface area contributed by atoms with Crippen molar-refractivity contribution in [2.75, 3.05) is 28.6 Å². The molecule has 130 valence electrons. The van der Waals surface area contributed by atoms with E-state index in [0.717, 1.165) is 29.8 Å². The first kappa shape index (κ1) is 15.8. The molecule has 0 bridgehead atoms. The summed E-state index contributed by atoms with van der Waals surface area (Å²) >= 11 is 0. The molecule has 25 heavy (non-hydrogen) atoms. The maximum atomic E-state index is 14.5. The first-order valence-electron chi connectivity index (χ1n) is 8.37. The normalized spacial score (nSPS) is 20.1. The largest absolute Gasteiger partial charge is 0.384 e. The molecule has 0 unspecified atom stereocenters. The summed E-state index contributed by atoms with van der Waals surface area (Å²) in [6.07, 6.45) is 2.52. The molecule has 0 spiro atoms. The minimum absolute atomic E-state index is 0.0166. The second-order valence-corrected chi connectivity index (χ2v) is 6.53. The predicted molar refractivity (Wildman–Crippen MR) is 95.1 cm³/mol. The van der Waals surface area contributed by atoms with Gasteiger partial charge in [0.1, 0.15) is 11.6 Å². The smallest absolute Gasteiger partial charge is 0.329 e. The van der Waals surface area contributed by atoms with Crippen LogP contribution in [0.3, 0.4) is 0 Å². The number of benzene rings is 1. The highest BCUT2D eigenvalue weighted by molar-refractivity contribution is 6.07. The molecule has 6 nitrogen and oxygen atoms in total. The third kappa shape index (κ3) is 2.60. The number of rotatable bonds is 2. The van der Waals surface area contributed by atoms with Crippen LogP contribution in [0.5, 0.6) is 0 Å². The molecule has 7 heteroatoms. The number of fused-ring (bicyclic) bond motifs is 1. The summed E-state index contributed by atoms with van der Waals surface area (Å²) in [5.41, 5.74) is 8.53. The lowest BCUT2D eigenvalue weighted by Crippen LogP contribution is -2.53. The Labute approximate surface area is 145 Å². The SMILES string of the molecule is Cc1cccc(F)c1N1Cc2cnc(N)cc2N([C@H]2CCNC2)C1=O. The molecule has 0 saturated carbocycles. The molecule has 1 fully saturated rings. The molecular formula is C18H20FN5O. The van der Waals surface area contributed by atoms with Gasteiger partial charge in [-0.25, -0.2) is 14.2 Å². The third-order valence-electron chi connectivity index (χ3n) is 4.87. The van der Waals surface area contributed by atoms with E-state index in [1.54, 1.807) is 23.2 Å².